The second-order valence-corrected chi connectivity index (χ2v) is 6.48. The first kappa shape index (κ1) is 15.1. The largest absolute Gasteiger partial charge is 0.461 e. The molecule has 0 saturated heterocycles. The molecule has 0 amide bonds. The maximum Gasteiger partial charge on any atom is 0.197 e. The van der Waals surface area contributed by atoms with Crippen LogP contribution in [0.5, 0.6) is 0 Å². The van der Waals surface area contributed by atoms with E-state index in [1.54, 1.807) is 18.0 Å². The molecule has 0 spiro atoms. The summed E-state index contributed by atoms with van der Waals surface area (Å²) >= 11 is 1.76. The molecule has 1 unspecified atom stereocenters. The minimum Gasteiger partial charge on any atom is -0.461 e. The molecule has 3 rings (SSSR count). The zero-order valence-corrected chi connectivity index (χ0v) is 13.8. The maximum atomic E-state index is 5.44. The van der Waals surface area contributed by atoms with Gasteiger partial charge in [-0.2, -0.15) is 0 Å². The minimum atomic E-state index is 0.478. The van der Waals surface area contributed by atoms with Crippen molar-refractivity contribution in [2.24, 2.45) is 0 Å². The predicted octanol–water partition coefficient (Wildman–Crippen LogP) is 3.93. The summed E-state index contributed by atoms with van der Waals surface area (Å²) in [5.41, 5.74) is 0.948. The Labute approximate surface area is 134 Å². The summed E-state index contributed by atoms with van der Waals surface area (Å²) < 4.78 is 5.44. The highest BCUT2D eigenvalue weighted by Crippen LogP contribution is 2.29. The Hall–Kier alpha value is -1.85. The molecule has 0 saturated carbocycles. The molecule has 22 heavy (non-hydrogen) atoms. The molecular formula is C17H19N3OS. The Morgan fingerprint density at radius 2 is 1.95 bits per heavy atom. The van der Waals surface area contributed by atoms with E-state index in [2.05, 4.69) is 37.0 Å². The van der Waals surface area contributed by atoms with Crippen LogP contribution in [0.25, 0.3) is 22.5 Å². The van der Waals surface area contributed by atoms with Crippen LogP contribution in [0, 0.1) is 0 Å². The van der Waals surface area contributed by atoms with Gasteiger partial charge in [-0.25, -0.2) is 9.97 Å². The first-order chi connectivity index (χ1) is 10.6. The number of para-hydroxylation sites is 1. The minimum absolute atomic E-state index is 0.478. The van der Waals surface area contributed by atoms with Crippen LogP contribution in [-0.4, -0.2) is 40.8 Å². The van der Waals surface area contributed by atoms with E-state index in [1.807, 2.05) is 30.3 Å². The van der Waals surface area contributed by atoms with E-state index in [0.29, 0.717) is 17.6 Å². The van der Waals surface area contributed by atoms with E-state index >= 15 is 0 Å². The molecule has 0 N–H and O–H groups in total. The van der Waals surface area contributed by atoms with Gasteiger partial charge in [-0.05, 0) is 39.2 Å². The smallest absolute Gasteiger partial charge is 0.197 e. The van der Waals surface area contributed by atoms with Crippen molar-refractivity contribution in [1.29, 1.82) is 0 Å². The molecule has 1 aromatic carbocycles. The second-order valence-electron chi connectivity index (χ2n) is 5.47. The number of rotatable bonds is 5. The van der Waals surface area contributed by atoms with Crippen molar-refractivity contribution in [3.05, 3.63) is 42.7 Å². The molecule has 3 aromatic rings. The summed E-state index contributed by atoms with van der Waals surface area (Å²) in [7, 11) is 4.19. The van der Waals surface area contributed by atoms with Gasteiger partial charge in [0.1, 0.15) is 5.03 Å². The Kier molecular flexibility index (Phi) is 4.45. The number of hydrogen-bond donors (Lipinski definition) is 0. The van der Waals surface area contributed by atoms with Gasteiger partial charge < -0.3 is 9.32 Å². The first-order valence-electron chi connectivity index (χ1n) is 7.25. The second kappa shape index (κ2) is 6.50. The van der Waals surface area contributed by atoms with Crippen LogP contribution in [0.2, 0.25) is 0 Å². The number of hydrogen-bond acceptors (Lipinski definition) is 5. The number of furan rings is 1. The van der Waals surface area contributed by atoms with Crippen LogP contribution in [0.1, 0.15) is 6.92 Å². The highest BCUT2D eigenvalue weighted by molar-refractivity contribution is 7.99. The Morgan fingerprint density at radius 1 is 1.14 bits per heavy atom. The van der Waals surface area contributed by atoms with Crippen molar-refractivity contribution in [1.82, 2.24) is 14.9 Å². The predicted molar refractivity (Wildman–Crippen MR) is 91.1 cm³/mol. The van der Waals surface area contributed by atoms with Crippen molar-refractivity contribution >= 4 is 22.7 Å². The number of aromatic nitrogens is 2. The summed E-state index contributed by atoms with van der Waals surface area (Å²) in [5.74, 6) is 2.32. The van der Waals surface area contributed by atoms with Gasteiger partial charge in [0.25, 0.3) is 0 Å². The third-order valence-corrected chi connectivity index (χ3v) is 4.89. The molecule has 4 nitrogen and oxygen atoms in total. The number of nitrogens with zero attached hydrogens (tertiary/aromatic N) is 3. The standard InChI is InChI=1S/C17H19N3OS/c1-12(20(2)3)11-22-17-13-7-4-5-8-14(13)18-16(19-17)15-9-6-10-21-15/h4-10,12H,11H2,1-3H3. The average molecular weight is 313 g/mol. The number of benzene rings is 1. The Morgan fingerprint density at radius 3 is 2.68 bits per heavy atom. The van der Waals surface area contributed by atoms with Crippen LogP contribution in [0.4, 0.5) is 0 Å². The van der Waals surface area contributed by atoms with Gasteiger partial charge in [-0.3, -0.25) is 0 Å². The highest BCUT2D eigenvalue weighted by atomic mass is 32.2. The Balaban J connectivity index is 1.99. The Bertz CT molecular complexity index is 756. The summed E-state index contributed by atoms with van der Waals surface area (Å²) in [6, 6.07) is 12.3. The van der Waals surface area contributed by atoms with Crippen molar-refractivity contribution in [2.45, 2.75) is 18.0 Å². The molecule has 2 heterocycles. The topological polar surface area (TPSA) is 42.2 Å². The molecule has 0 aliphatic heterocycles. The molecule has 0 bridgehead atoms. The van der Waals surface area contributed by atoms with E-state index in [1.165, 1.54) is 0 Å². The van der Waals surface area contributed by atoms with Crippen LogP contribution in [0.15, 0.2) is 52.1 Å². The van der Waals surface area contributed by atoms with Crippen molar-refractivity contribution in [3.8, 4) is 11.6 Å². The molecule has 114 valence electrons. The zero-order chi connectivity index (χ0) is 15.5. The van der Waals surface area contributed by atoms with Crippen LogP contribution >= 0.6 is 11.8 Å². The van der Waals surface area contributed by atoms with Crippen LogP contribution in [0.3, 0.4) is 0 Å². The van der Waals surface area contributed by atoms with E-state index in [4.69, 9.17) is 9.40 Å². The lowest BCUT2D eigenvalue weighted by atomic mass is 10.2. The van der Waals surface area contributed by atoms with Gasteiger partial charge in [0.2, 0.25) is 0 Å². The van der Waals surface area contributed by atoms with Crippen LogP contribution < -0.4 is 0 Å². The lowest BCUT2D eigenvalue weighted by Gasteiger charge is -2.19. The first-order valence-corrected chi connectivity index (χ1v) is 8.23. The number of fused-ring (bicyclic) bond motifs is 1. The lowest BCUT2D eigenvalue weighted by molar-refractivity contribution is 0.340. The van der Waals surface area contributed by atoms with Crippen molar-refractivity contribution < 1.29 is 4.42 Å². The molecule has 0 aliphatic rings. The van der Waals surface area contributed by atoms with Gasteiger partial charge in [-0.15, -0.1) is 11.8 Å². The van der Waals surface area contributed by atoms with Gasteiger partial charge in [0.15, 0.2) is 11.6 Å². The average Bonchev–Trinajstić information content (AvgIpc) is 3.06. The number of thioether (sulfide) groups is 1. The fourth-order valence-electron chi connectivity index (χ4n) is 2.02. The molecular weight excluding hydrogens is 294 g/mol. The molecule has 0 fully saturated rings. The monoisotopic (exact) mass is 313 g/mol. The molecule has 5 heteroatoms. The van der Waals surface area contributed by atoms with E-state index in [-0.39, 0.29) is 0 Å². The molecule has 2 aromatic heterocycles. The quantitative estimate of drug-likeness (QED) is 0.527. The van der Waals surface area contributed by atoms with Crippen molar-refractivity contribution in [2.75, 3.05) is 19.8 Å². The summed E-state index contributed by atoms with van der Waals surface area (Å²) in [4.78, 5) is 11.5. The van der Waals surface area contributed by atoms with Crippen molar-refractivity contribution in [3.63, 3.8) is 0 Å². The molecule has 1 atom stereocenters. The third-order valence-electron chi connectivity index (χ3n) is 3.65. The van der Waals surface area contributed by atoms with Gasteiger partial charge in [-0.1, -0.05) is 18.2 Å². The summed E-state index contributed by atoms with van der Waals surface area (Å²) in [6.45, 7) is 2.21. The van der Waals surface area contributed by atoms with E-state index in [9.17, 15) is 0 Å². The summed E-state index contributed by atoms with van der Waals surface area (Å²) in [5, 5.41) is 2.10. The third kappa shape index (κ3) is 3.15. The van der Waals surface area contributed by atoms with Gasteiger partial charge in [0.05, 0.1) is 11.8 Å². The highest BCUT2D eigenvalue weighted by Gasteiger charge is 2.13. The van der Waals surface area contributed by atoms with E-state index < -0.39 is 0 Å². The molecule has 0 radical (unpaired) electrons. The SMILES string of the molecule is CC(CSc1nc(-c2ccco2)nc2ccccc12)N(C)C. The van der Waals surface area contributed by atoms with Gasteiger partial charge in [0, 0.05) is 17.2 Å². The fraction of sp³-hybridized carbons (Fsp3) is 0.294. The summed E-state index contributed by atoms with van der Waals surface area (Å²) in [6.07, 6.45) is 1.65. The normalized spacial score (nSPS) is 12.9. The maximum absolute atomic E-state index is 5.44. The van der Waals surface area contributed by atoms with E-state index in [0.717, 1.165) is 21.7 Å². The van der Waals surface area contributed by atoms with Gasteiger partial charge >= 0.3 is 0 Å². The lowest BCUT2D eigenvalue weighted by Crippen LogP contribution is -2.26. The van der Waals surface area contributed by atoms with Crippen LogP contribution in [-0.2, 0) is 0 Å². The molecule has 0 aliphatic carbocycles. The fourth-order valence-corrected chi connectivity index (χ4v) is 3.20. The zero-order valence-electron chi connectivity index (χ0n) is 13.0.